The van der Waals surface area contributed by atoms with Crippen LogP contribution < -0.4 is 0 Å². The van der Waals surface area contributed by atoms with E-state index in [2.05, 4.69) is 11.1 Å². The lowest BCUT2D eigenvalue weighted by molar-refractivity contribution is 1.42. The van der Waals surface area contributed by atoms with Crippen LogP contribution in [-0.2, 0) is 0 Å². The highest BCUT2D eigenvalue weighted by Crippen LogP contribution is 2.41. The molecule has 24 heavy (non-hydrogen) atoms. The Labute approximate surface area is 154 Å². The van der Waals surface area contributed by atoms with E-state index in [0.717, 1.165) is 21.6 Å². The molecule has 0 N–H and O–H groups in total. The molecule has 0 aliphatic carbocycles. The van der Waals surface area contributed by atoms with Crippen molar-refractivity contribution in [2.75, 3.05) is 0 Å². The Kier molecular flexibility index (Phi) is 5.01. The third-order valence-corrected chi connectivity index (χ3v) is 5.54. The summed E-state index contributed by atoms with van der Waals surface area (Å²) in [6.07, 6.45) is 1.70. The number of hydrogen-bond donors (Lipinski definition) is 0. The van der Waals surface area contributed by atoms with Gasteiger partial charge in [0.05, 0.1) is 15.6 Å². The van der Waals surface area contributed by atoms with Crippen LogP contribution in [0, 0.1) is 18.3 Å². The van der Waals surface area contributed by atoms with E-state index in [1.165, 1.54) is 11.3 Å². The lowest BCUT2D eigenvalue weighted by Gasteiger charge is -1.97. The molecule has 3 aromatic rings. The van der Waals surface area contributed by atoms with E-state index in [1.807, 2.05) is 43.3 Å². The Bertz CT molecular complexity index is 953. The number of benzene rings is 2. The molecule has 0 spiro atoms. The first kappa shape index (κ1) is 16.7. The summed E-state index contributed by atoms with van der Waals surface area (Å²) in [4.78, 5) is 5.56. The molecular formula is C19H12Cl2N2S. The average molecular weight is 371 g/mol. The third kappa shape index (κ3) is 3.37. The molecule has 118 valence electrons. The zero-order chi connectivity index (χ0) is 17.1. The van der Waals surface area contributed by atoms with Gasteiger partial charge < -0.3 is 0 Å². The molecule has 0 bridgehead atoms. The lowest BCUT2D eigenvalue weighted by Crippen LogP contribution is -1.81. The first-order chi connectivity index (χ1) is 11.6. The Morgan fingerprint density at radius 3 is 2.50 bits per heavy atom. The molecule has 2 aromatic carbocycles. The first-order valence-corrected chi connectivity index (χ1v) is 8.75. The van der Waals surface area contributed by atoms with Crippen LogP contribution in [0.3, 0.4) is 0 Å². The van der Waals surface area contributed by atoms with Crippen molar-refractivity contribution in [3.05, 3.63) is 75.3 Å². The van der Waals surface area contributed by atoms with Gasteiger partial charge in [-0.25, -0.2) is 4.99 Å². The normalized spacial score (nSPS) is 10.9. The van der Waals surface area contributed by atoms with Crippen LogP contribution in [0.1, 0.15) is 16.7 Å². The minimum absolute atomic E-state index is 0.480. The number of nitrogens with zero attached hydrogens (tertiary/aromatic N) is 2. The third-order valence-electron chi connectivity index (χ3n) is 3.55. The number of aliphatic imine (C=N–C) groups is 1. The molecule has 0 aliphatic rings. The van der Waals surface area contributed by atoms with Gasteiger partial charge in [-0.05, 0) is 35.7 Å². The fourth-order valence-corrected chi connectivity index (χ4v) is 3.73. The van der Waals surface area contributed by atoms with Crippen molar-refractivity contribution in [3.8, 4) is 16.5 Å². The summed E-state index contributed by atoms with van der Waals surface area (Å²) in [5.74, 6) is 0. The maximum absolute atomic E-state index is 9.48. The molecule has 5 heteroatoms. The fourth-order valence-electron chi connectivity index (χ4n) is 2.31. The second-order valence-corrected chi connectivity index (χ2v) is 6.96. The van der Waals surface area contributed by atoms with Gasteiger partial charge in [-0.3, -0.25) is 0 Å². The molecule has 0 aliphatic heterocycles. The Balaban J connectivity index is 2.01. The highest BCUT2D eigenvalue weighted by Gasteiger charge is 2.15. The molecule has 0 radical (unpaired) electrons. The van der Waals surface area contributed by atoms with Gasteiger partial charge in [0.25, 0.3) is 0 Å². The number of nitriles is 1. The van der Waals surface area contributed by atoms with Crippen molar-refractivity contribution < 1.29 is 0 Å². The molecule has 0 saturated carbocycles. The molecule has 0 unspecified atom stereocenters. The van der Waals surface area contributed by atoms with Crippen molar-refractivity contribution in [1.82, 2.24) is 0 Å². The molecule has 0 atom stereocenters. The Morgan fingerprint density at radius 1 is 1.08 bits per heavy atom. The van der Waals surface area contributed by atoms with Gasteiger partial charge >= 0.3 is 0 Å². The second-order valence-electron chi connectivity index (χ2n) is 5.15. The van der Waals surface area contributed by atoms with E-state index >= 15 is 0 Å². The van der Waals surface area contributed by atoms with Crippen LogP contribution in [-0.4, -0.2) is 6.21 Å². The van der Waals surface area contributed by atoms with Crippen LogP contribution in [0.2, 0.25) is 10.0 Å². The van der Waals surface area contributed by atoms with E-state index in [1.54, 1.807) is 18.3 Å². The summed E-state index contributed by atoms with van der Waals surface area (Å²) in [5, 5.41) is 11.2. The summed E-state index contributed by atoms with van der Waals surface area (Å²) in [5.41, 5.74) is 3.48. The highest BCUT2D eigenvalue weighted by molar-refractivity contribution is 7.19. The van der Waals surface area contributed by atoms with Gasteiger partial charge in [0.1, 0.15) is 11.1 Å². The predicted octanol–water partition coefficient (Wildman–Crippen LogP) is 6.65. The highest BCUT2D eigenvalue weighted by atomic mass is 35.5. The van der Waals surface area contributed by atoms with Gasteiger partial charge in [-0.2, -0.15) is 5.26 Å². The predicted molar refractivity (Wildman–Crippen MR) is 103 cm³/mol. The van der Waals surface area contributed by atoms with Crippen LogP contribution in [0.25, 0.3) is 10.4 Å². The average Bonchev–Trinajstić information content (AvgIpc) is 2.92. The quantitative estimate of drug-likeness (QED) is 0.475. The number of thiophene rings is 1. The van der Waals surface area contributed by atoms with Gasteiger partial charge in [-0.1, -0.05) is 59.6 Å². The number of hydrogen-bond acceptors (Lipinski definition) is 3. The fraction of sp³-hybridized carbons (Fsp3) is 0.0526. The van der Waals surface area contributed by atoms with E-state index in [9.17, 15) is 5.26 Å². The van der Waals surface area contributed by atoms with Gasteiger partial charge in [0.2, 0.25) is 0 Å². The van der Waals surface area contributed by atoms with E-state index in [0.29, 0.717) is 20.6 Å². The van der Waals surface area contributed by atoms with Gasteiger partial charge in [0.15, 0.2) is 0 Å². The smallest absolute Gasteiger partial charge is 0.134 e. The largest absolute Gasteiger partial charge is 0.244 e. The minimum Gasteiger partial charge on any atom is -0.244 e. The number of rotatable bonds is 3. The second kappa shape index (κ2) is 7.19. The zero-order valence-corrected chi connectivity index (χ0v) is 15.1. The molecule has 0 saturated heterocycles. The molecule has 0 fully saturated rings. The van der Waals surface area contributed by atoms with E-state index in [-0.39, 0.29) is 0 Å². The molecule has 0 amide bonds. The molecule has 1 aromatic heterocycles. The molecule has 2 nitrogen and oxygen atoms in total. The Morgan fingerprint density at radius 2 is 1.83 bits per heavy atom. The topological polar surface area (TPSA) is 36.1 Å². The van der Waals surface area contributed by atoms with Crippen molar-refractivity contribution in [2.24, 2.45) is 4.99 Å². The molecule has 3 rings (SSSR count). The first-order valence-electron chi connectivity index (χ1n) is 7.18. The SMILES string of the molecule is Cc1c(-c2ccccc2)sc(/N=C/c2ccc(Cl)c(Cl)c2)c1C#N. The summed E-state index contributed by atoms with van der Waals surface area (Å²) in [7, 11) is 0. The Hall–Kier alpha value is -2.12. The summed E-state index contributed by atoms with van der Waals surface area (Å²) < 4.78 is 0. The van der Waals surface area contributed by atoms with Gasteiger partial charge in [0, 0.05) is 11.1 Å². The van der Waals surface area contributed by atoms with Crippen molar-refractivity contribution in [2.45, 2.75) is 6.92 Å². The van der Waals surface area contributed by atoms with Gasteiger partial charge in [-0.15, -0.1) is 11.3 Å². The summed E-state index contributed by atoms with van der Waals surface area (Å²) in [6.45, 7) is 1.95. The maximum Gasteiger partial charge on any atom is 0.134 e. The zero-order valence-electron chi connectivity index (χ0n) is 12.8. The van der Waals surface area contributed by atoms with Crippen LogP contribution >= 0.6 is 34.5 Å². The minimum atomic E-state index is 0.480. The standard InChI is InChI=1S/C19H12Cl2N2S/c1-12-15(10-22)19(24-18(12)14-5-3-2-4-6-14)23-11-13-7-8-16(20)17(21)9-13/h2-9,11H,1H3/b23-11+. The maximum atomic E-state index is 9.48. The summed E-state index contributed by atoms with van der Waals surface area (Å²) in [6, 6.07) is 17.6. The number of halogens is 2. The van der Waals surface area contributed by atoms with Crippen molar-refractivity contribution in [3.63, 3.8) is 0 Å². The van der Waals surface area contributed by atoms with Crippen molar-refractivity contribution >= 4 is 45.8 Å². The monoisotopic (exact) mass is 370 g/mol. The summed E-state index contributed by atoms with van der Waals surface area (Å²) >= 11 is 13.5. The van der Waals surface area contributed by atoms with E-state index in [4.69, 9.17) is 23.2 Å². The van der Waals surface area contributed by atoms with Crippen molar-refractivity contribution in [1.29, 1.82) is 5.26 Å². The van der Waals surface area contributed by atoms with E-state index < -0.39 is 0 Å². The molecule has 1 heterocycles. The molecular weight excluding hydrogens is 359 g/mol. The lowest BCUT2D eigenvalue weighted by atomic mass is 10.1. The van der Waals surface area contributed by atoms with Crippen LogP contribution in [0.15, 0.2) is 53.5 Å². The van der Waals surface area contributed by atoms with Crippen LogP contribution in [0.4, 0.5) is 5.00 Å². The van der Waals surface area contributed by atoms with Crippen LogP contribution in [0.5, 0.6) is 0 Å².